The molecule has 0 radical (unpaired) electrons. The number of aromatic nitrogens is 2. The quantitative estimate of drug-likeness (QED) is 0.353. The van der Waals surface area contributed by atoms with Gasteiger partial charge in [0.25, 0.3) is 5.56 Å². The predicted molar refractivity (Wildman–Crippen MR) is 96.0 cm³/mol. The molecule has 6 nitrogen and oxygen atoms in total. The van der Waals surface area contributed by atoms with E-state index in [9.17, 15) is 14.4 Å². The zero-order valence-electron chi connectivity index (χ0n) is 14.4. The van der Waals surface area contributed by atoms with Gasteiger partial charge in [0.1, 0.15) is 0 Å². The van der Waals surface area contributed by atoms with Gasteiger partial charge in [0.05, 0.1) is 24.5 Å². The van der Waals surface area contributed by atoms with Crippen molar-refractivity contribution in [3.63, 3.8) is 0 Å². The van der Waals surface area contributed by atoms with Gasteiger partial charge in [0.15, 0.2) is 10.9 Å². The SMILES string of the molecule is CCc1ccc(C(=O)[C@@H](C)Sc2nc(CC(=O)OC)cc(=O)[nH]2)cc1. The number of aryl methyl sites for hydroxylation is 1. The van der Waals surface area contributed by atoms with Crippen LogP contribution in [0.3, 0.4) is 0 Å². The molecule has 0 aliphatic carbocycles. The Morgan fingerprint density at radius 2 is 1.96 bits per heavy atom. The Morgan fingerprint density at radius 3 is 2.56 bits per heavy atom. The van der Waals surface area contributed by atoms with E-state index >= 15 is 0 Å². The largest absolute Gasteiger partial charge is 0.469 e. The van der Waals surface area contributed by atoms with Crippen LogP contribution in [0.4, 0.5) is 0 Å². The molecule has 2 rings (SSSR count). The van der Waals surface area contributed by atoms with Gasteiger partial charge in [-0.15, -0.1) is 0 Å². The number of benzene rings is 1. The highest BCUT2D eigenvalue weighted by Crippen LogP contribution is 2.22. The van der Waals surface area contributed by atoms with Gasteiger partial charge in [-0.25, -0.2) is 4.98 Å². The number of carbonyl (C=O) groups excluding carboxylic acids is 2. The number of thioether (sulfide) groups is 1. The van der Waals surface area contributed by atoms with Crippen molar-refractivity contribution in [3.05, 3.63) is 57.5 Å². The fraction of sp³-hybridized carbons (Fsp3) is 0.333. The number of hydrogen-bond acceptors (Lipinski definition) is 6. The van der Waals surface area contributed by atoms with Crippen LogP contribution in [-0.4, -0.2) is 34.1 Å². The fourth-order valence-corrected chi connectivity index (χ4v) is 3.12. The van der Waals surface area contributed by atoms with Crippen LogP contribution in [0.5, 0.6) is 0 Å². The van der Waals surface area contributed by atoms with Crippen LogP contribution in [0.1, 0.15) is 35.5 Å². The molecule has 1 aromatic heterocycles. The first-order valence-electron chi connectivity index (χ1n) is 7.89. The van der Waals surface area contributed by atoms with Crippen molar-refractivity contribution in [3.8, 4) is 0 Å². The van der Waals surface area contributed by atoms with Gasteiger partial charge in [-0.1, -0.05) is 43.0 Å². The fourth-order valence-electron chi connectivity index (χ4n) is 2.21. The third kappa shape index (κ3) is 5.29. The van der Waals surface area contributed by atoms with Crippen molar-refractivity contribution in [1.29, 1.82) is 0 Å². The molecule has 1 atom stereocenters. The van der Waals surface area contributed by atoms with E-state index in [1.807, 2.05) is 24.3 Å². The molecule has 0 aliphatic rings. The average Bonchev–Trinajstić information content (AvgIpc) is 2.60. The summed E-state index contributed by atoms with van der Waals surface area (Å²) >= 11 is 1.15. The second kappa shape index (κ2) is 8.62. The van der Waals surface area contributed by atoms with Gasteiger partial charge >= 0.3 is 5.97 Å². The highest BCUT2D eigenvalue weighted by molar-refractivity contribution is 8.00. The maximum absolute atomic E-state index is 12.5. The highest BCUT2D eigenvalue weighted by atomic mass is 32.2. The second-order valence-corrected chi connectivity index (χ2v) is 6.80. The van der Waals surface area contributed by atoms with Crippen molar-refractivity contribution < 1.29 is 14.3 Å². The number of ketones is 1. The summed E-state index contributed by atoms with van der Waals surface area (Å²) in [6, 6.07) is 8.73. The number of esters is 1. The number of carbonyl (C=O) groups is 2. The number of nitrogens with zero attached hydrogens (tertiary/aromatic N) is 1. The van der Waals surface area contributed by atoms with E-state index in [-0.39, 0.29) is 17.8 Å². The summed E-state index contributed by atoms with van der Waals surface area (Å²) in [4.78, 5) is 42.4. The molecule has 1 aromatic carbocycles. The minimum absolute atomic E-state index is 0.0475. The van der Waals surface area contributed by atoms with Gasteiger partial charge in [-0.3, -0.25) is 14.4 Å². The van der Waals surface area contributed by atoms with E-state index < -0.39 is 11.2 Å². The summed E-state index contributed by atoms with van der Waals surface area (Å²) in [6.07, 6.45) is 0.825. The minimum Gasteiger partial charge on any atom is -0.469 e. The molecule has 132 valence electrons. The summed E-state index contributed by atoms with van der Waals surface area (Å²) in [7, 11) is 1.27. The normalized spacial score (nSPS) is 11.8. The molecule has 1 N–H and O–H groups in total. The molecule has 0 unspecified atom stereocenters. The molecule has 0 fully saturated rings. The molecule has 0 aliphatic heterocycles. The molecule has 0 saturated heterocycles. The van der Waals surface area contributed by atoms with Crippen LogP contribution < -0.4 is 5.56 Å². The smallest absolute Gasteiger partial charge is 0.311 e. The van der Waals surface area contributed by atoms with Crippen LogP contribution in [0.15, 0.2) is 40.3 Å². The third-order valence-corrected chi connectivity index (χ3v) is 4.61. The lowest BCUT2D eigenvalue weighted by Gasteiger charge is -2.10. The molecule has 1 heterocycles. The number of methoxy groups -OCH3 is 1. The zero-order chi connectivity index (χ0) is 18.4. The van der Waals surface area contributed by atoms with Crippen molar-refractivity contribution in [2.45, 2.75) is 37.1 Å². The molecular weight excluding hydrogens is 340 g/mol. The lowest BCUT2D eigenvalue weighted by atomic mass is 10.1. The standard InChI is InChI=1S/C18H20N2O4S/c1-4-12-5-7-13(8-6-12)17(23)11(2)25-18-19-14(9-15(21)20-18)10-16(22)24-3/h5-9,11H,4,10H2,1-3H3,(H,19,20,21)/t11-/m1/s1. The van der Waals surface area contributed by atoms with E-state index in [1.54, 1.807) is 6.92 Å². The zero-order valence-corrected chi connectivity index (χ0v) is 15.2. The maximum atomic E-state index is 12.5. The number of hydrogen-bond donors (Lipinski definition) is 1. The van der Waals surface area contributed by atoms with Crippen LogP contribution in [0, 0.1) is 0 Å². The first kappa shape index (κ1) is 18.9. The monoisotopic (exact) mass is 360 g/mol. The molecule has 0 spiro atoms. The van der Waals surface area contributed by atoms with E-state index in [0.717, 1.165) is 18.2 Å². The Bertz CT molecular complexity index is 815. The first-order chi connectivity index (χ1) is 11.9. The second-order valence-electron chi connectivity index (χ2n) is 5.47. The number of aromatic amines is 1. The van der Waals surface area contributed by atoms with E-state index in [4.69, 9.17) is 0 Å². The van der Waals surface area contributed by atoms with Crippen LogP contribution in [0.25, 0.3) is 0 Å². The molecule has 0 bridgehead atoms. The minimum atomic E-state index is -0.478. The Balaban J connectivity index is 2.13. The van der Waals surface area contributed by atoms with Crippen molar-refractivity contribution in [2.75, 3.05) is 7.11 Å². The Morgan fingerprint density at radius 1 is 1.28 bits per heavy atom. The van der Waals surface area contributed by atoms with E-state index in [1.165, 1.54) is 18.7 Å². The van der Waals surface area contributed by atoms with E-state index in [2.05, 4.69) is 21.6 Å². The number of ether oxygens (including phenoxy) is 1. The maximum Gasteiger partial charge on any atom is 0.311 e. The van der Waals surface area contributed by atoms with Crippen molar-refractivity contribution in [1.82, 2.24) is 9.97 Å². The lowest BCUT2D eigenvalue weighted by Crippen LogP contribution is -2.17. The van der Waals surface area contributed by atoms with Crippen molar-refractivity contribution >= 4 is 23.5 Å². The third-order valence-electron chi connectivity index (χ3n) is 3.63. The Labute approximate surface area is 150 Å². The summed E-state index contributed by atoms with van der Waals surface area (Å²) < 4.78 is 4.58. The molecule has 25 heavy (non-hydrogen) atoms. The average molecular weight is 360 g/mol. The summed E-state index contributed by atoms with van der Waals surface area (Å²) in [5, 5.41) is -0.124. The summed E-state index contributed by atoms with van der Waals surface area (Å²) in [5.41, 5.74) is 1.72. The van der Waals surface area contributed by atoms with Crippen LogP contribution in [0.2, 0.25) is 0 Å². The first-order valence-corrected chi connectivity index (χ1v) is 8.77. The van der Waals surface area contributed by atoms with Gasteiger partial charge in [-0.05, 0) is 18.9 Å². The summed E-state index contributed by atoms with van der Waals surface area (Å²) in [5.74, 6) is -0.525. The lowest BCUT2D eigenvalue weighted by molar-refractivity contribution is -0.139. The van der Waals surface area contributed by atoms with Gasteiger partial charge in [-0.2, -0.15) is 0 Å². The predicted octanol–water partition coefficient (Wildman–Crippen LogP) is 2.41. The number of rotatable bonds is 7. The molecule has 2 aromatic rings. The van der Waals surface area contributed by atoms with Gasteiger partial charge in [0.2, 0.25) is 0 Å². The number of nitrogens with one attached hydrogen (secondary N) is 1. The molecular formula is C18H20N2O4S. The topological polar surface area (TPSA) is 89.1 Å². The van der Waals surface area contributed by atoms with Crippen LogP contribution in [-0.2, 0) is 22.4 Å². The van der Waals surface area contributed by atoms with Gasteiger partial charge < -0.3 is 9.72 Å². The Hall–Kier alpha value is -2.41. The number of Topliss-reactive ketones (excluding diaryl/α,β-unsaturated/α-hetero) is 1. The molecule has 7 heteroatoms. The summed E-state index contributed by atoms with van der Waals surface area (Å²) in [6.45, 7) is 3.81. The van der Waals surface area contributed by atoms with Crippen molar-refractivity contribution in [2.24, 2.45) is 0 Å². The van der Waals surface area contributed by atoms with Gasteiger partial charge in [0, 0.05) is 11.6 Å². The van der Waals surface area contributed by atoms with E-state index in [0.29, 0.717) is 16.4 Å². The molecule has 0 saturated carbocycles. The Kier molecular flexibility index (Phi) is 6.52. The molecule has 0 amide bonds. The number of H-pyrrole nitrogens is 1. The van der Waals surface area contributed by atoms with Crippen LogP contribution >= 0.6 is 11.8 Å². The highest BCUT2D eigenvalue weighted by Gasteiger charge is 2.18.